The van der Waals surface area contributed by atoms with Gasteiger partial charge in [0.2, 0.25) is 0 Å². The van der Waals surface area contributed by atoms with E-state index >= 15 is 0 Å². The number of carbonyl (C=O) groups is 1. The first-order valence-electron chi connectivity index (χ1n) is 12.5. The molecule has 0 spiro atoms. The lowest BCUT2D eigenvalue weighted by Gasteiger charge is -2.24. The third-order valence-electron chi connectivity index (χ3n) is 6.46. The minimum absolute atomic E-state index is 0.0583. The molecule has 10 nitrogen and oxygen atoms in total. The fourth-order valence-electron chi connectivity index (χ4n) is 4.33. The van der Waals surface area contributed by atoms with E-state index in [-0.39, 0.29) is 17.1 Å². The molecule has 3 N–H and O–H groups in total. The zero-order valence-electron chi connectivity index (χ0n) is 22.7. The van der Waals surface area contributed by atoms with Crippen LogP contribution in [0.25, 0.3) is 27.5 Å². The Bertz CT molecular complexity index is 1700. The smallest absolute Gasteiger partial charge is 0.338 e. The van der Waals surface area contributed by atoms with Crippen molar-refractivity contribution in [2.75, 3.05) is 36.9 Å². The summed E-state index contributed by atoms with van der Waals surface area (Å²) in [6.45, 7) is 2.84. The molecular weight excluding hydrogens is 535 g/mol. The molecule has 0 amide bonds. The predicted octanol–water partition coefficient (Wildman–Crippen LogP) is 5.00. The summed E-state index contributed by atoms with van der Waals surface area (Å²) in [5, 5.41) is 19.6. The van der Waals surface area contributed by atoms with Crippen LogP contribution in [0, 0.1) is 5.82 Å². The number of ether oxygens (including phenoxy) is 2. The minimum Gasteiger partial charge on any atom is -0.482 e. The number of nitrogens with two attached hydrogens (primary N) is 1. The lowest BCUT2D eigenvalue weighted by atomic mass is 10.1. The number of hydrogen-bond donors (Lipinski definition) is 2. The molecule has 12 heteroatoms. The summed E-state index contributed by atoms with van der Waals surface area (Å²) < 4.78 is 30.0. The number of carboxylic acid groups (broad SMARTS) is 1. The van der Waals surface area contributed by atoms with Crippen molar-refractivity contribution in [3.63, 3.8) is 0 Å². The summed E-state index contributed by atoms with van der Waals surface area (Å²) in [7, 11) is -0.656. The topological polar surface area (TPSA) is 130 Å². The van der Waals surface area contributed by atoms with Crippen molar-refractivity contribution in [1.29, 1.82) is 0 Å². The quantitative estimate of drug-likeness (QED) is 0.226. The average molecular weight is 567 g/mol. The molecule has 1 unspecified atom stereocenters. The highest BCUT2D eigenvalue weighted by atomic mass is 32.3. The van der Waals surface area contributed by atoms with Crippen LogP contribution in [0.5, 0.6) is 5.75 Å². The Morgan fingerprint density at radius 2 is 1.95 bits per heavy atom. The third-order valence-corrected chi connectivity index (χ3v) is 7.85. The van der Waals surface area contributed by atoms with Crippen molar-refractivity contribution >= 4 is 43.6 Å². The van der Waals surface area contributed by atoms with Crippen LogP contribution in [0.3, 0.4) is 0 Å². The zero-order chi connectivity index (χ0) is 28.6. The standard InChI is InChI=1S/C28H31FN6O4S/c1-17(39-26-12-18-10-21(28(36)37)22(29)14-23(18)33-27(26)30)20-13-24-19(11-25(20)34-7-5-6-31-34)15-32-35(24)16-38-8-9-40(2,3)4/h5-7,10-15,17H,8-9,16H2,1-4H3,(H2,30,33)(H,36,37). The molecule has 3 aromatic heterocycles. The summed E-state index contributed by atoms with van der Waals surface area (Å²) in [4.78, 5) is 15.7. The second-order valence-electron chi connectivity index (χ2n) is 10.4. The van der Waals surface area contributed by atoms with Crippen LogP contribution in [-0.4, -0.2) is 66.7 Å². The summed E-state index contributed by atoms with van der Waals surface area (Å²) in [5.41, 5.74) is 8.42. The number of anilines is 1. The van der Waals surface area contributed by atoms with Crippen LogP contribution >= 0.6 is 10.0 Å². The third kappa shape index (κ3) is 5.73. The SMILES string of the molecule is CC(Oc1cc2cc(C(=O)O)c(F)cc2nc1N)c1cc2c(cnn2COCCS(C)(C)C)cc1-n1cccn1. The maximum absolute atomic E-state index is 14.2. The molecule has 0 fully saturated rings. The largest absolute Gasteiger partial charge is 0.482 e. The Morgan fingerprint density at radius 3 is 2.65 bits per heavy atom. The first-order valence-corrected chi connectivity index (χ1v) is 15.6. The van der Waals surface area contributed by atoms with Gasteiger partial charge in [0.1, 0.15) is 18.7 Å². The molecule has 0 aliphatic carbocycles. The first kappa shape index (κ1) is 27.4. The predicted molar refractivity (Wildman–Crippen MR) is 155 cm³/mol. The molecule has 0 aliphatic heterocycles. The number of carboxylic acids is 1. The summed E-state index contributed by atoms with van der Waals surface area (Å²) >= 11 is 0. The number of fused-ring (bicyclic) bond motifs is 2. The fraction of sp³-hybridized carbons (Fsp3) is 0.286. The van der Waals surface area contributed by atoms with Crippen LogP contribution in [-0.2, 0) is 11.5 Å². The molecule has 0 saturated carbocycles. The number of pyridine rings is 1. The lowest BCUT2D eigenvalue weighted by molar-refractivity contribution is 0.0692. The highest BCUT2D eigenvalue weighted by molar-refractivity contribution is 8.32. The number of halogens is 1. The molecule has 3 heterocycles. The first-order chi connectivity index (χ1) is 19.0. The average Bonchev–Trinajstić information content (AvgIpc) is 3.55. The Kier molecular flexibility index (Phi) is 7.39. The molecule has 210 valence electrons. The van der Waals surface area contributed by atoms with E-state index in [1.807, 2.05) is 36.0 Å². The van der Waals surface area contributed by atoms with Crippen molar-refractivity contribution in [2.45, 2.75) is 19.8 Å². The Labute approximate surface area is 231 Å². The van der Waals surface area contributed by atoms with Gasteiger partial charge in [-0.05, 0) is 56.0 Å². The summed E-state index contributed by atoms with van der Waals surface area (Å²) in [6, 6.07) is 9.66. The van der Waals surface area contributed by atoms with E-state index in [1.54, 1.807) is 23.1 Å². The number of aromatic nitrogens is 5. The van der Waals surface area contributed by atoms with Gasteiger partial charge in [0.05, 0.1) is 35.1 Å². The van der Waals surface area contributed by atoms with Gasteiger partial charge in [0, 0.05) is 40.5 Å². The Morgan fingerprint density at radius 1 is 1.15 bits per heavy atom. The van der Waals surface area contributed by atoms with Crippen molar-refractivity contribution in [1.82, 2.24) is 24.5 Å². The molecule has 2 aromatic carbocycles. The number of nitrogens with zero attached hydrogens (tertiary/aromatic N) is 5. The lowest BCUT2D eigenvalue weighted by Crippen LogP contribution is -2.12. The second-order valence-corrected chi connectivity index (χ2v) is 14.9. The van der Waals surface area contributed by atoms with Gasteiger partial charge in [-0.15, -0.1) is 0 Å². The number of hydrogen-bond acceptors (Lipinski definition) is 7. The van der Waals surface area contributed by atoms with Gasteiger partial charge in [-0.1, -0.05) is 0 Å². The molecule has 0 saturated heterocycles. The number of benzene rings is 2. The maximum atomic E-state index is 14.2. The van der Waals surface area contributed by atoms with E-state index in [9.17, 15) is 14.3 Å². The van der Waals surface area contributed by atoms with Gasteiger partial charge in [0.15, 0.2) is 11.6 Å². The van der Waals surface area contributed by atoms with Crippen molar-refractivity contribution in [2.24, 2.45) is 0 Å². The maximum Gasteiger partial charge on any atom is 0.338 e. The zero-order valence-corrected chi connectivity index (χ0v) is 23.5. The van der Waals surface area contributed by atoms with E-state index in [4.69, 9.17) is 15.2 Å². The van der Waals surface area contributed by atoms with E-state index in [0.717, 1.165) is 34.0 Å². The molecule has 0 bridgehead atoms. The van der Waals surface area contributed by atoms with Crippen LogP contribution in [0.1, 0.15) is 28.9 Å². The number of rotatable bonds is 10. The normalized spacial score (nSPS) is 13.1. The fourth-order valence-corrected chi connectivity index (χ4v) is 4.95. The molecule has 5 aromatic rings. The second kappa shape index (κ2) is 10.8. The molecular formula is C28H31FN6O4S. The van der Waals surface area contributed by atoms with E-state index in [1.165, 1.54) is 6.07 Å². The monoisotopic (exact) mass is 566 g/mol. The molecule has 40 heavy (non-hydrogen) atoms. The van der Waals surface area contributed by atoms with E-state index in [0.29, 0.717) is 18.7 Å². The highest BCUT2D eigenvalue weighted by Gasteiger charge is 2.20. The summed E-state index contributed by atoms with van der Waals surface area (Å²) in [6.07, 6.45) is 11.6. The highest BCUT2D eigenvalue weighted by Crippen LogP contribution is 2.35. The molecule has 1 atom stereocenters. The van der Waals surface area contributed by atoms with Crippen molar-refractivity contribution in [3.8, 4) is 11.4 Å². The van der Waals surface area contributed by atoms with Gasteiger partial charge >= 0.3 is 5.97 Å². The Balaban J connectivity index is 1.50. The van der Waals surface area contributed by atoms with E-state index in [2.05, 4.69) is 33.9 Å². The van der Waals surface area contributed by atoms with E-state index < -0.39 is 33.5 Å². The van der Waals surface area contributed by atoms with Crippen LogP contribution in [0.4, 0.5) is 10.2 Å². The van der Waals surface area contributed by atoms with Gasteiger partial charge in [-0.25, -0.2) is 33.6 Å². The summed E-state index contributed by atoms with van der Waals surface area (Å²) in [5.74, 6) is -0.942. The van der Waals surface area contributed by atoms with Gasteiger partial charge in [-0.2, -0.15) is 10.2 Å². The van der Waals surface area contributed by atoms with Crippen molar-refractivity contribution < 1.29 is 23.8 Å². The van der Waals surface area contributed by atoms with Gasteiger partial charge in [0.25, 0.3) is 0 Å². The Hall–Kier alpha value is -4.16. The molecule has 0 radical (unpaired) electrons. The van der Waals surface area contributed by atoms with Crippen LogP contribution in [0.15, 0.2) is 55.0 Å². The molecule has 0 aliphatic rings. The van der Waals surface area contributed by atoms with Crippen LogP contribution in [0.2, 0.25) is 0 Å². The minimum atomic E-state index is -1.37. The van der Waals surface area contributed by atoms with Gasteiger partial charge < -0.3 is 20.3 Å². The number of aromatic carboxylic acids is 1. The molecule has 5 rings (SSSR count). The van der Waals surface area contributed by atoms with Crippen molar-refractivity contribution in [3.05, 3.63) is 71.9 Å². The van der Waals surface area contributed by atoms with Crippen LogP contribution < -0.4 is 10.5 Å². The van der Waals surface area contributed by atoms with Gasteiger partial charge in [-0.3, -0.25) is 0 Å². The number of nitrogen functional groups attached to an aromatic ring is 1.